The lowest BCUT2D eigenvalue weighted by molar-refractivity contribution is -0.0893. The first kappa shape index (κ1) is 17.1. The molecule has 4 rings (SSSR count). The number of rotatable bonds is 4. The van der Waals surface area contributed by atoms with Gasteiger partial charge in [-0.1, -0.05) is 30.3 Å². The van der Waals surface area contributed by atoms with Crippen LogP contribution in [0.5, 0.6) is 0 Å². The second-order valence-corrected chi connectivity index (χ2v) is 7.64. The standard InChI is InChI=1S/C21H21BNO3/c1-20(2,24)21(3,4)26-22-19-17-15-10-9-13-7-5-6-8-14(13)18(15)25-16(17)11-12-23-19/h5-12,24H,1-4H3. The van der Waals surface area contributed by atoms with Crippen molar-refractivity contribution in [1.29, 1.82) is 0 Å². The molecule has 2 heterocycles. The summed E-state index contributed by atoms with van der Waals surface area (Å²) in [5.41, 5.74) is 0.549. The average Bonchev–Trinajstić information content (AvgIpc) is 2.98. The summed E-state index contributed by atoms with van der Waals surface area (Å²) in [7, 11) is 1.62. The minimum absolute atomic E-state index is 0.689. The van der Waals surface area contributed by atoms with Crippen LogP contribution in [0.2, 0.25) is 0 Å². The van der Waals surface area contributed by atoms with Crippen LogP contribution >= 0.6 is 0 Å². The molecule has 26 heavy (non-hydrogen) atoms. The van der Waals surface area contributed by atoms with Crippen LogP contribution in [-0.2, 0) is 4.65 Å². The van der Waals surface area contributed by atoms with Crippen LogP contribution in [0, 0.1) is 0 Å². The average molecular weight is 346 g/mol. The van der Waals surface area contributed by atoms with E-state index in [4.69, 9.17) is 9.07 Å². The van der Waals surface area contributed by atoms with E-state index in [9.17, 15) is 5.11 Å². The van der Waals surface area contributed by atoms with Crippen molar-refractivity contribution in [2.24, 2.45) is 0 Å². The number of nitrogens with zero attached hydrogens (tertiary/aromatic N) is 1. The zero-order valence-corrected chi connectivity index (χ0v) is 15.4. The summed E-state index contributed by atoms with van der Waals surface area (Å²) in [4.78, 5) is 4.47. The molecule has 1 N–H and O–H groups in total. The molecule has 0 saturated carbocycles. The van der Waals surface area contributed by atoms with Gasteiger partial charge in [-0.3, -0.25) is 4.98 Å². The van der Waals surface area contributed by atoms with Crippen molar-refractivity contribution in [2.45, 2.75) is 38.9 Å². The zero-order valence-electron chi connectivity index (χ0n) is 15.4. The highest BCUT2D eigenvalue weighted by Gasteiger charge is 2.36. The first-order valence-corrected chi connectivity index (χ1v) is 8.70. The van der Waals surface area contributed by atoms with Crippen molar-refractivity contribution < 1.29 is 14.2 Å². The molecule has 1 radical (unpaired) electrons. The van der Waals surface area contributed by atoms with Gasteiger partial charge >= 0.3 is 7.48 Å². The van der Waals surface area contributed by atoms with E-state index in [1.165, 1.54) is 0 Å². The molecule has 0 fully saturated rings. The summed E-state index contributed by atoms with van der Waals surface area (Å²) in [5, 5.41) is 14.4. The third-order valence-corrected chi connectivity index (χ3v) is 5.24. The molecule has 2 aromatic heterocycles. The molecule has 5 heteroatoms. The molecule has 0 aliphatic rings. The Hall–Kier alpha value is -2.37. The molecular formula is C21H21BNO3. The van der Waals surface area contributed by atoms with Crippen molar-refractivity contribution in [1.82, 2.24) is 4.98 Å². The van der Waals surface area contributed by atoms with Crippen molar-refractivity contribution in [3.63, 3.8) is 0 Å². The minimum atomic E-state index is -0.994. The van der Waals surface area contributed by atoms with Gasteiger partial charge in [0.25, 0.3) is 0 Å². The van der Waals surface area contributed by atoms with Crippen LogP contribution in [0.4, 0.5) is 0 Å². The second kappa shape index (κ2) is 5.83. The van der Waals surface area contributed by atoms with Gasteiger partial charge in [-0.15, -0.1) is 0 Å². The second-order valence-electron chi connectivity index (χ2n) is 7.64. The largest absolute Gasteiger partial charge is 0.455 e. The van der Waals surface area contributed by atoms with E-state index in [1.54, 1.807) is 27.5 Å². The van der Waals surface area contributed by atoms with Crippen LogP contribution in [0.3, 0.4) is 0 Å². The maximum absolute atomic E-state index is 10.3. The number of hydrogen-bond acceptors (Lipinski definition) is 4. The highest BCUT2D eigenvalue weighted by Crippen LogP contribution is 2.33. The Morgan fingerprint density at radius 1 is 1.00 bits per heavy atom. The highest BCUT2D eigenvalue weighted by atomic mass is 16.5. The van der Waals surface area contributed by atoms with Gasteiger partial charge in [-0.25, -0.2) is 0 Å². The third kappa shape index (κ3) is 2.68. The number of hydrogen-bond donors (Lipinski definition) is 1. The van der Waals surface area contributed by atoms with E-state index in [2.05, 4.69) is 29.2 Å². The number of aliphatic hydroxyl groups is 1. The molecule has 0 bridgehead atoms. The Balaban J connectivity index is 1.85. The molecule has 4 aromatic rings. The first-order chi connectivity index (χ1) is 12.3. The van der Waals surface area contributed by atoms with Gasteiger partial charge in [-0.05, 0) is 45.2 Å². The lowest BCUT2D eigenvalue weighted by atomic mass is 9.83. The van der Waals surface area contributed by atoms with E-state index < -0.39 is 11.2 Å². The maximum atomic E-state index is 10.3. The van der Waals surface area contributed by atoms with Crippen molar-refractivity contribution in [2.75, 3.05) is 0 Å². The van der Waals surface area contributed by atoms with Gasteiger partial charge in [0.15, 0.2) is 0 Å². The predicted octanol–water partition coefficient (Wildman–Crippen LogP) is 3.94. The molecule has 0 amide bonds. The molecule has 0 atom stereocenters. The number of pyridine rings is 1. The van der Waals surface area contributed by atoms with Gasteiger partial charge in [-0.2, -0.15) is 0 Å². The molecular weight excluding hydrogens is 325 g/mol. The van der Waals surface area contributed by atoms with Gasteiger partial charge < -0.3 is 14.2 Å². The number of furan rings is 1. The predicted molar refractivity (Wildman–Crippen MR) is 106 cm³/mol. The van der Waals surface area contributed by atoms with E-state index in [0.717, 1.165) is 32.7 Å². The summed E-state index contributed by atoms with van der Waals surface area (Å²) < 4.78 is 12.1. The Morgan fingerprint density at radius 3 is 2.54 bits per heavy atom. The topological polar surface area (TPSA) is 55.5 Å². The molecule has 2 aromatic carbocycles. The quantitative estimate of drug-likeness (QED) is 0.569. The molecule has 0 unspecified atom stereocenters. The van der Waals surface area contributed by atoms with Crippen molar-refractivity contribution >= 4 is 45.8 Å². The number of benzene rings is 2. The number of aromatic nitrogens is 1. The Kier molecular flexibility index (Phi) is 3.83. The molecule has 4 nitrogen and oxygen atoms in total. The summed E-state index contributed by atoms with van der Waals surface area (Å²) in [6, 6.07) is 14.2. The first-order valence-electron chi connectivity index (χ1n) is 8.70. The zero-order chi connectivity index (χ0) is 18.5. The van der Waals surface area contributed by atoms with Gasteiger partial charge in [0, 0.05) is 27.9 Å². The summed E-state index contributed by atoms with van der Waals surface area (Å²) in [6.45, 7) is 7.16. The van der Waals surface area contributed by atoms with E-state index >= 15 is 0 Å². The molecule has 0 saturated heterocycles. The summed E-state index contributed by atoms with van der Waals surface area (Å²) >= 11 is 0. The monoisotopic (exact) mass is 346 g/mol. The number of fused-ring (bicyclic) bond motifs is 5. The molecule has 0 spiro atoms. The van der Waals surface area contributed by atoms with Gasteiger partial charge in [0.2, 0.25) is 0 Å². The minimum Gasteiger partial charge on any atom is -0.455 e. The van der Waals surface area contributed by atoms with Crippen LogP contribution in [0.15, 0.2) is 53.1 Å². The lowest BCUT2D eigenvalue weighted by Gasteiger charge is -2.37. The Morgan fingerprint density at radius 2 is 1.77 bits per heavy atom. The van der Waals surface area contributed by atoms with E-state index in [-0.39, 0.29) is 0 Å². The normalized spacial score (nSPS) is 13.0. The summed E-state index contributed by atoms with van der Waals surface area (Å²) in [6.07, 6.45) is 1.71. The van der Waals surface area contributed by atoms with Crippen molar-refractivity contribution in [3.8, 4) is 0 Å². The van der Waals surface area contributed by atoms with Crippen LogP contribution in [0.25, 0.3) is 32.7 Å². The van der Waals surface area contributed by atoms with E-state index in [1.807, 2.05) is 32.0 Å². The fourth-order valence-corrected chi connectivity index (χ4v) is 2.91. The Bertz CT molecular complexity index is 1110. The highest BCUT2D eigenvalue weighted by molar-refractivity contribution is 6.51. The maximum Gasteiger partial charge on any atom is 0.352 e. The SMILES string of the molecule is CC(C)(O)C(C)(C)O[B]c1nccc2oc3c4ccccc4ccc3c12. The fraction of sp³-hybridized carbons (Fsp3) is 0.286. The van der Waals surface area contributed by atoms with Crippen LogP contribution < -0.4 is 5.59 Å². The fourth-order valence-electron chi connectivity index (χ4n) is 2.91. The van der Waals surface area contributed by atoms with Gasteiger partial charge in [0.05, 0.1) is 11.2 Å². The van der Waals surface area contributed by atoms with Crippen LogP contribution in [-0.4, -0.2) is 28.8 Å². The third-order valence-electron chi connectivity index (χ3n) is 5.24. The van der Waals surface area contributed by atoms with Crippen molar-refractivity contribution in [3.05, 3.63) is 48.7 Å². The van der Waals surface area contributed by atoms with Gasteiger partial charge in [0.1, 0.15) is 11.2 Å². The smallest absolute Gasteiger partial charge is 0.352 e. The molecule has 0 aliphatic heterocycles. The lowest BCUT2D eigenvalue weighted by Crippen LogP contribution is -2.49. The Labute approximate surface area is 153 Å². The van der Waals surface area contributed by atoms with Crippen LogP contribution in [0.1, 0.15) is 27.7 Å². The molecule has 131 valence electrons. The molecule has 0 aliphatic carbocycles. The summed E-state index contributed by atoms with van der Waals surface area (Å²) in [5.74, 6) is 0. The van der Waals surface area contributed by atoms with E-state index in [0.29, 0.717) is 5.59 Å².